The van der Waals surface area contributed by atoms with Crippen LogP contribution in [0.4, 0.5) is 0 Å². The number of piperidine rings is 1. The number of hydrogen-bond donors (Lipinski definition) is 2. The van der Waals surface area contributed by atoms with E-state index in [1.54, 1.807) is 6.33 Å². The van der Waals surface area contributed by atoms with Gasteiger partial charge in [0.25, 0.3) is 0 Å². The van der Waals surface area contributed by atoms with Crippen molar-refractivity contribution in [3.05, 3.63) is 58.8 Å². The largest absolute Gasteiger partial charge is 0.340 e. The summed E-state index contributed by atoms with van der Waals surface area (Å²) in [6.07, 6.45) is 3.55. The number of rotatable bonds is 4. The third-order valence-corrected chi connectivity index (χ3v) is 4.48. The van der Waals surface area contributed by atoms with Crippen LogP contribution in [0.25, 0.3) is 5.69 Å². The van der Waals surface area contributed by atoms with E-state index in [-0.39, 0.29) is 5.69 Å². The zero-order valence-corrected chi connectivity index (χ0v) is 13.2. The lowest BCUT2D eigenvalue weighted by atomic mass is 9.96. The summed E-state index contributed by atoms with van der Waals surface area (Å²) in [7, 11) is 0. The summed E-state index contributed by atoms with van der Waals surface area (Å²) in [5, 5.41) is 10.8. The van der Waals surface area contributed by atoms with Crippen molar-refractivity contribution < 1.29 is 0 Å². The molecule has 1 saturated heterocycles. The Kier molecular flexibility index (Phi) is 3.96. The Morgan fingerprint density at radius 1 is 1.17 bits per heavy atom. The number of aromatic nitrogens is 6. The first-order valence-electron chi connectivity index (χ1n) is 8.11. The minimum Gasteiger partial charge on any atom is -0.296 e. The number of hydrogen-bond acceptors (Lipinski definition) is 5. The van der Waals surface area contributed by atoms with Gasteiger partial charge in [-0.3, -0.25) is 9.88 Å². The molecular weight excluding hydrogens is 306 g/mol. The predicted octanol–water partition coefficient (Wildman–Crippen LogP) is 1.06. The summed E-state index contributed by atoms with van der Waals surface area (Å²) < 4.78 is 1.89. The monoisotopic (exact) mass is 325 g/mol. The van der Waals surface area contributed by atoms with Crippen LogP contribution in [0, 0.1) is 0 Å². The predicted molar refractivity (Wildman–Crippen MR) is 87.8 cm³/mol. The highest BCUT2D eigenvalue weighted by Crippen LogP contribution is 2.25. The highest BCUT2D eigenvalue weighted by molar-refractivity contribution is 5.30. The summed E-state index contributed by atoms with van der Waals surface area (Å²) in [5.74, 6) is 2.02. The minimum absolute atomic E-state index is 0.233. The molecule has 2 aromatic heterocycles. The smallest absolute Gasteiger partial charge is 0.296 e. The summed E-state index contributed by atoms with van der Waals surface area (Å²) >= 11 is 0. The fourth-order valence-electron chi connectivity index (χ4n) is 3.20. The highest BCUT2D eigenvalue weighted by Gasteiger charge is 2.24. The molecule has 0 spiro atoms. The van der Waals surface area contributed by atoms with Gasteiger partial charge in [-0.15, -0.1) is 0 Å². The molecule has 8 nitrogen and oxygen atoms in total. The second-order valence-electron chi connectivity index (χ2n) is 6.04. The molecule has 0 unspecified atom stereocenters. The Balaban J connectivity index is 1.41. The van der Waals surface area contributed by atoms with E-state index in [9.17, 15) is 4.79 Å². The maximum atomic E-state index is 11.2. The van der Waals surface area contributed by atoms with Gasteiger partial charge >= 0.3 is 5.69 Å². The van der Waals surface area contributed by atoms with Crippen LogP contribution in [0.3, 0.4) is 0 Å². The van der Waals surface area contributed by atoms with Gasteiger partial charge in [-0.05, 0) is 38.1 Å². The van der Waals surface area contributed by atoms with E-state index >= 15 is 0 Å². The fourth-order valence-corrected chi connectivity index (χ4v) is 3.20. The number of nitrogens with one attached hydrogen (secondary N) is 2. The van der Waals surface area contributed by atoms with Gasteiger partial charge in [-0.1, -0.05) is 18.2 Å². The van der Waals surface area contributed by atoms with Crippen LogP contribution in [0.2, 0.25) is 0 Å². The third-order valence-electron chi connectivity index (χ3n) is 4.48. The van der Waals surface area contributed by atoms with Gasteiger partial charge in [-0.25, -0.2) is 19.6 Å². The molecule has 0 atom stereocenters. The van der Waals surface area contributed by atoms with Crippen LogP contribution < -0.4 is 5.69 Å². The topological polar surface area (TPSA) is 95.5 Å². The van der Waals surface area contributed by atoms with Crippen LogP contribution in [-0.4, -0.2) is 47.9 Å². The van der Waals surface area contributed by atoms with E-state index in [1.807, 2.05) is 35.0 Å². The van der Waals surface area contributed by atoms with Crippen molar-refractivity contribution in [2.45, 2.75) is 25.3 Å². The lowest BCUT2D eigenvalue weighted by molar-refractivity contribution is 0.196. The second kappa shape index (κ2) is 6.40. The van der Waals surface area contributed by atoms with Gasteiger partial charge in [0.15, 0.2) is 0 Å². The van der Waals surface area contributed by atoms with Gasteiger partial charge < -0.3 is 0 Å². The Hall–Kier alpha value is -2.74. The Morgan fingerprint density at radius 2 is 1.96 bits per heavy atom. The number of benzene rings is 1. The molecule has 4 rings (SSSR count). The zero-order chi connectivity index (χ0) is 16.4. The fraction of sp³-hybridized carbons (Fsp3) is 0.375. The summed E-state index contributed by atoms with van der Waals surface area (Å²) in [4.78, 5) is 20.7. The van der Waals surface area contributed by atoms with Crippen molar-refractivity contribution in [1.82, 2.24) is 34.8 Å². The molecule has 1 fully saturated rings. The molecule has 124 valence electrons. The number of likely N-dealkylation sites (tertiary alicyclic amines) is 1. The van der Waals surface area contributed by atoms with E-state index in [1.165, 1.54) is 0 Å². The first kappa shape index (κ1) is 14.8. The molecule has 0 radical (unpaired) electrons. The number of H-pyrrole nitrogens is 2. The van der Waals surface area contributed by atoms with Crippen LogP contribution in [0.15, 0.2) is 41.5 Å². The second-order valence-corrected chi connectivity index (χ2v) is 6.04. The van der Waals surface area contributed by atoms with Crippen molar-refractivity contribution in [2.24, 2.45) is 0 Å². The standard InChI is InChI=1S/C16H19N7O/c24-16-19-15(20-21-16)12-6-8-22(9-7-12)10-14-17-11-18-23(14)13-4-2-1-3-5-13/h1-5,11-12H,6-10H2,(H2,19,20,21,24). The Morgan fingerprint density at radius 3 is 2.67 bits per heavy atom. The molecule has 1 aliphatic heterocycles. The third kappa shape index (κ3) is 3.00. The molecule has 0 amide bonds. The van der Waals surface area contributed by atoms with Crippen molar-refractivity contribution in [1.29, 1.82) is 0 Å². The number of aromatic amines is 2. The Bertz CT molecular complexity index is 842. The molecule has 3 heterocycles. The Labute approximate surface area is 138 Å². The van der Waals surface area contributed by atoms with Crippen LogP contribution in [-0.2, 0) is 6.54 Å². The number of nitrogens with zero attached hydrogens (tertiary/aromatic N) is 5. The molecule has 0 aliphatic carbocycles. The van der Waals surface area contributed by atoms with Crippen molar-refractivity contribution in [2.75, 3.05) is 13.1 Å². The number of para-hydroxylation sites is 1. The SMILES string of the molecule is O=c1[nH]nc(C2CCN(Cc3ncnn3-c3ccccc3)CC2)[nH]1. The van der Waals surface area contributed by atoms with Gasteiger partial charge in [0.1, 0.15) is 18.0 Å². The maximum Gasteiger partial charge on any atom is 0.340 e. The van der Waals surface area contributed by atoms with Gasteiger partial charge in [0.05, 0.1) is 12.2 Å². The average Bonchev–Trinajstić information content (AvgIpc) is 3.25. The van der Waals surface area contributed by atoms with Crippen LogP contribution in [0.1, 0.15) is 30.4 Å². The van der Waals surface area contributed by atoms with Crippen LogP contribution in [0.5, 0.6) is 0 Å². The normalized spacial score (nSPS) is 16.5. The molecule has 0 saturated carbocycles. The molecular formula is C16H19N7O. The van der Waals surface area contributed by atoms with E-state index < -0.39 is 0 Å². The summed E-state index contributed by atoms with van der Waals surface area (Å²) in [5.41, 5.74) is 0.789. The first-order valence-corrected chi connectivity index (χ1v) is 8.11. The van der Waals surface area contributed by atoms with E-state index in [0.29, 0.717) is 5.92 Å². The van der Waals surface area contributed by atoms with Gasteiger partial charge in [0, 0.05) is 5.92 Å². The first-order chi connectivity index (χ1) is 11.8. The van der Waals surface area contributed by atoms with Crippen LogP contribution >= 0.6 is 0 Å². The van der Waals surface area contributed by atoms with E-state index in [4.69, 9.17) is 0 Å². The lowest BCUT2D eigenvalue weighted by Crippen LogP contribution is -2.33. The maximum absolute atomic E-state index is 11.2. The van der Waals surface area contributed by atoms with Crippen molar-refractivity contribution in [3.63, 3.8) is 0 Å². The molecule has 2 N–H and O–H groups in total. The summed E-state index contributed by atoms with van der Waals surface area (Å²) in [6.45, 7) is 2.65. The summed E-state index contributed by atoms with van der Waals surface area (Å²) in [6, 6.07) is 10.0. The zero-order valence-electron chi connectivity index (χ0n) is 13.2. The van der Waals surface area contributed by atoms with E-state index in [0.717, 1.165) is 49.8 Å². The molecule has 8 heteroatoms. The molecule has 1 aliphatic rings. The quantitative estimate of drug-likeness (QED) is 0.748. The highest BCUT2D eigenvalue weighted by atomic mass is 16.1. The van der Waals surface area contributed by atoms with Crippen molar-refractivity contribution >= 4 is 0 Å². The molecule has 0 bridgehead atoms. The lowest BCUT2D eigenvalue weighted by Gasteiger charge is -2.30. The average molecular weight is 325 g/mol. The molecule has 24 heavy (non-hydrogen) atoms. The van der Waals surface area contributed by atoms with Crippen molar-refractivity contribution in [3.8, 4) is 5.69 Å². The molecule has 1 aromatic carbocycles. The van der Waals surface area contributed by atoms with E-state index in [2.05, 4.69) is 30.2 Å². The van der Waals surface area contributed by atoms with Gasteiger partial charge in [-0.2, -0.15) is 10.2 Å². The van der Waals surface area contributed by atoms with Gasteiger partial charge in [0.2, 0.25) is 0 Å². The molecule has 3 aromatic rings. The minimum atomic E-state index is -0.233.